The highest BCUT2D eigenvalue weighted by molar-refractivity contribution is 9.10. The monoisotopic (exact) mass is 330 g/mol. The molecule has 1 fully saturated rings. The summed E-state index contributed by atoms with van der Waals surface area (Å²) < 4.78 is 1.06. The van der Waals surface area contributed by atoms with Gasteiger partial charge in [0.15, 0.2) is 0 Å². The van der Waals surface area contributed by atoms with Crippen LogP contribution in [0.3, 0.4) is 0 Å². The largest absolute Gasteiger partial charge is 0.298 e. The lowest BCUT2D eigenvalue weighted by Crippen LogP contribution is -2.48. The number of piperazine rings is 1. The first-order valence-electron chi connectivity index (χ1n) is 6.46. The van der Waals surface area contributed by atoms with Crippen molar-refractivity contribution < 1.29 is 0 Å². The zero-order valence-electron chi connectivity index (χ0n) is 11.0. The SMILES string of the molecule is CC(C)N1CCN(Cc2cc(Cl)cc(Br)c2)CC1. The maximum absolute atomic E-state index is 6.08. The minimum absolute atomic E-state index is 0.660. The molecule has 2 nitrogen and oxygen atoms in total. The van der Waals surface area contributed by atoms with Crippen molar-refractivity contribution in [2.45, 2.75) is 26.4 Å². The highest BCUT2D eigenvalue weighted by Gasteiger charge is 2.18. The average Bonchev–Trinajstić information content (AvgIpc) is 2.28. The first kappa shape index (κ1) is 14.3. The summed E-state index contributed by atoms with van der Waals surface area (Å²) in [5.74, 6) is 0. The van der Waals surface area contributed by atoms with Crippen molar-refractivity contribution in [2.75, 3.05) is 26.2 Å². The molecule has 0 unspecified atom stereocenters. The van der Waals surface area contributed by atoms with E-state index in [1.807, 2.05) is 6.07 Å². The van der Waals surface area contributed by atoms with Crippen molar-refractivity contribution in [3.8, 4) is 0 Å². The Morgan fingerprint density at radius 1 is 1.17 bits per heavy atom. The lowest BCUT2D eigenvalue weighted by atomic mass is 10.2. The van der Waals surface area contributed by atoms with E-state index in [1.54, 1.807) is 0 Å². The predicted molar refractivity (Wildman–Crippen MR) is 81.1 cm³/mol. The number of hydrogen-bond donors (Lipinski definition) is 0. The molecule has 1 aliphatic rings. The summed E-state index contributed by atoms with van der Waals surface area (Å²) >= 11 is 9.57. The summed E-state index contributed by atoms with van der Waals surface area (Å²) in [6.45, 7) is 10.1. The zero-order chi connectivity index (χ0) is 13.1. The van der Waals surface area contributed by atoms with Gasteiger partial charge in [-0.3, -0.25) is 9.80 Å². The molecule has 100 valence electrons. The molecule has 1 aliphatic heterocycles. The highest BCUT2D eigenvalue weighted by Crippen LogP contribution is 2.21. The third-order valence-electron chi connectivity index (χ3n) is 3.47. The van der Waals surface area contributed by atoms with Crippen molar-refractivity contribution in [1.82, 2.24) is 9.80 Å². The van der Waals surface area contributed by atoms with Crippen molar-refractivity contribution in [2.24, 2.45) is 0 Å². The van der Waals surface area contributed by atoms with Gasteiger partial charge in [0.05, 0.1) is 0 Å². The van der Waals surface area contributed by atoms with Crippen molar-refractivity contribution >= 4 is 27.5 Å². The molecule has 0 aromatic heterocycles. The van der Waals surface area contributed by atoms with Crippen LogP contribution in [-0.4, -0.2) is 42.0 Å². The lowest BCUT2D eigenvalue weighted by molar-refractivity contribution is 0.104. The molecule has 0 radical (unpaired) electrons. The van der Waals surface area contributed by atoms with Crippen LogP contribution >= 0.6 is 27.5 Å². The molecule has 0 bridgehead atoms. The van der Waals surface area contributed by atoms with E-state index in [0.717, 1.165) is 29.1 Å². The van der Waals surface area contributed by atoms with Crippen LogP contribution in [0.25, 0.3) is 0 Å². The molecule has 0 spiro atoms. The summed E-state index contributed by atoms with van der Waals surface area (Å²) in [7, 11) is 0. The van der Waals surface area contributed by atoms with Crippen molar-refractivity contribution in [1.29, 1.82) is 0 Å². The summed E-state index contributed by atoms with van der Waals surface area (Å²) in [5, 5.41) is 0.806. The van der Waals surface area contributed by atoms with Crippen LogP contribution in [0.4, 0.5) is 0 Å². The van der Waals surface area contributed by atoms with E-state index in [-0.39, 0.29) is 0 Å². The molecule has 1 heterocycles. The third kappa shape index (κ3) is 3.95. The second kappa shape index (κ2) is 6.38. The Labute approximate surface area is 123 Å². The summed E-state index contributed by atoms with van der Waals surface area (Å²) in [5.41, 5.74) is 1.28. The molecular formula is C14H20BrClN2. The van der Waals surface area contributed by atoms with E-state index in [1.165, 1.54) is 18.7 Å². The van der Waals surface area contributed by atoms with Gasteiger partial charge in [0.1, 0.15) is 0 Å². The van der Waals surface area contributed by atoms with Gasteiger partial charge in [0.2, 0.25) is 0 Å². The van der Waals surface area contributed by atoms with E-state index >= 15 is 0 Å². The van der Waals surface area contributed by atoms with Crippen LogP contribution in [0.2, 0.25) is 5.02 Å². The highest BCUT2D eigenvalue weighted by atomic mass is 79.9. The van der Waals surface area contributed by atoms with E-state index < -0.39 is 0 Å². The Bertz CT molecular complexity index is 381. The Balaban J connectivity index is 1.91. The standard InChI is InChI=1S/C14H20BrClN2/c1-11(2)18-5-3-17(4-6-18)10-12-7-13(15)9-14(16)8-12/h7-9,11H,3-6,10H2,1-2H3. The molecule has 1 saturated heterocycles. The first-order valence-corrected chi connectivity index (χ1v) is 7.63. The van der Waals surface area contributed by atoms with Gasteiger partial charge < -0.3 is 0 Å². The minimum Gasteiger partial charge on any atom is -0.298 e. The lowest BCUT2D eigenvalue weighted by Gasteiger charge is -2.37. The van der Waals surface area contributed by atoms with E-state index in [9.17, 15) is 0 Å². The molecule has 18 heavy (non-hydrogen) atoms. The molecule has 0 atom stereocenters. The molecule has 0 saturated carbocycles. The maximum Gasteiger partial charge on any atom is 0.0420 e. The Kier molecular flexibility index (Phi) is 5.07. The molecular weight excluding hydrogens is 312 g/mol. The van der Waals surface area contributed by atoms with Crippen LogP contribution in [0.1, 0.15) is 19.4 Å². The van der Waals surface area contributed by atoms with Gasteiger partial charge in [-0.15, -0.1) is 0 Å². The smallest absolute Gasteiger partial charge is 0.0420 e. The number of nitrogens with zero attached hydrogens (tertiary/aromatic N) is 2. The third-order valence-corrected chi connectivity index (χ3v) is 4.14. The fourth-order valence-corrected chi connectivity index (χ4v) is 3.33. The average molecular weight is 332 g/mol. The van der Waals surface area contributed by atoms with Crippen LogP contribution in [-0.2, 0) is 6.54 Å². The number of benzene rings is 1. The van der Waals surface area contributed by atoms with Crippen LogP contribution < -0.4 is 0 Å². The van der Waals surface area contributed by atoms with Crippen LogP contribution in [0.15, 0.2) is 22.7 Å². The second-order valence-corrected chi connectivity index (χ2v) is 6.54. The Morgan fingerprint density at radius 3 is 2.39 bits per heavy atom. The molecule has 2 rings (SSSR count). The maximum atomic E-state index is 6.08. The summed E-state index contributed by atoms with van der Waals surface area (Å²) in [4.78, 5) is 5.03. The van der Waals surface area contributed by atoms with Gasteiger partial charge in [0.25, 0.3) is 0 Å². The zero-order valence-corrected chi connectivity index (χ0v) is 13.3. The van der Waals surface area contributed by atoms with Crippen LogP contribution in [0, 0.1) is 0 Å². The molecule has 0 aliphatic carbocycles. The van der Waals surface area contributed by atoms with Gasteiger partial charge in [-0.05, 0) is 37.6 Å². The van der Waals surface area contributed by atoms with Crippen molar-refractivity contribution in [3.63, 3.8) is 0 Å². The van der Waals surface area contributed by atoms with Crippen LogP contribution in [0.5, 0.6) is 0 Å². The topological polar surface area (TPSA) is 6.48 Å². The predicted octanol–water partition coefficient (Wildman–Crippen LogP) is 3.63. The van der Waals surface area contributed by atoms with Crippen molar-refractivity contribution in [3.05, 3.63) is 33.3 Å². The summed E-state index contributed by atoms with van der Waals surface area (Å²) in [6, 6.07) is 6.80. The Morgan fingerprint density at radius 2 is 1.83 bits per heavy atom. The van der Waals surface area contributed by atoms with Gasteiger partial charge in [-0.1, -0.05) is 27.5 Å². The van der Waals surface area contributed by atoms with Gasteiger partial charge in [-0.2, -0.15) is 0 Å². The number of hydrogen-bond acceptors (Lipinski definition) is 2. The normalized spacial score (nSPS) is 18.5. The minimum atomic E-state index is 0.660. The first-order chi connectivity index (χ1) is 8.54. The fourth-order valence-electron chi connectivity index (χ4n) is 2.40. The van der Waals surface area contributed by atoms with Gasteiger partial charge in [0, 0.05) is 48.3 Å². The quantitative estimate of drug-likeness (QED) is 0.834. The summed E-state index contributed by atoms with van der Waals surface area (Å²) in [6.07, 6.45) is 0. The molecule has 1 aromatic rings. The van der Waals surface area contributed by atoms with E-state index in [2.05, 4.69) is 51.7 Å². The molecule has 0 N–H and O–H groups in total. The van der Waals surface area contributed by atoms with Gasteiger partial charge in [-0.25, -0.2) is 0 Å². The van der Waals surface area contributed by atoms with Gasteiger partial charge >= 0.3 is 0 Å². The molecule has 1 aromatic carbocycles. The number of halogens is 2. The fraction of sp³-hybridized carbons (Fsp3) is 0.571. The van der Waals surface area contributed by atoms with E-state index in [4.69, 9.17) is 11.6 Å². The molecule has 4 heteroatoms. The molecule has 0 amide bonds. The number of rotatable bonds is 3. The second-order valence-electron chi connectivity index (χ2n) is 5.18. The Hall–Kier alpha value is -0.0900. The van der Waals surface area contributed by atoms with E-state index in [0.29, 0.717) is 6.04 Å².